The maximum atomic E-state index is 11.5. The van der Waals surface area contributed by atoms with Gasteiger partial charge in [0.25, 0.3) is 0 Å². The van der Waals surface area contributed by atoms with Crippen molar-refractivity contribution in [1.82, 2.24) is 15.1 Å². The Morgan fingerprint density at radius 1 is 1.47 bits per heavy atom. The molecule has 1 rings (SSSR count). The maximum absolute atomic E-state index is 11.5. The summed E-state index contributed by atoms with van der Waals surface area (Å²) in [5.74, 6) is 1.81. The van der Waals surface area contributed by atoms with E-state index in [1.165, 1.54) is 12.8 Å². The van der Waals surface area contributed by atoms with Crippen LogP contribution in [0.3, 0.4) is 0 Å². The van der Waals surface area contributed by atoms with Crippen molar-refractivity contribution in [3.8, 4) is 0 Å². The van der Waals surface area contributed by atoms with E-state index in [2.05, 4.69) is 29.1 Å². The molecule has 1 unspecified atom stereocenters. The first-order chi connectivity index (χ1) is 9.04. The summed E-state index contributed by atoms with van der Waals surface area (Å²) in [7, 11) is 3.56. The van der Waals surface area contributed by atoms with Gasteiger partial charge in [-0.25, -0.2) is 0 Å². The monoisotopic (exact) mass is 268 g/mol. The number of hydrogen-bond donors (Lipinski definition) is 1. The molecule has 0 saturated carbocycles. The van der Waals surface area contributed by atoms with Crippen LogP contribution in [0.25, 0.3) is 0 Å². The number of likely N-dealkylation sites (tertiary alicyclic amines) is 1. The van der Waals surface area contributed by atoms with Gasteiger partial charge in [0.2, 0.25) is 5.91 Å². The molecule has 0 spiro atoms. The van der Waals surface area contributed by atoms with Crippen LogP contribution < -0.4 is 5.32 Å². The van der Waals surface area contributed by atoms with Gasteiger partial charge in [0.1, 0.15) is 0 Å². The third-order valence-corrected chi connectivity index (χ3v) is 3.38. The molecule has 1 aliphatic heterocycles. The Kier molecular flexibility index (Phi) is 6.67. The molecule has 0 aliphatic carbocycles. The summed E-state index contributed by atoms with van der Waals surface area (Å²) in [4.78, 5) is 20.0. The Morgan fingerprint density at radius 3 is 2.79 bits per heavy atom. The van der Waals surface area contributed by atoms with Crippen LogP contribution in [0.15, 0.2) is 4.99 Å². The molecule has 1 saturated heterocycles. The number of nitrogens with zero attached hydrogens (tertiary/aromatic N) is 3. The highest BCUT2D eigenvalue weighted by Crippen LogP contribution is 2.15. The number of hydrogen-bond acceptors (Lipinski definition) is 2. The summed E-state index contributed by atoms with van der Waals surface area (Å²) >= 11 is 0. The van der Waals surface area contributed by atoms with Crippen molar-refractivity contribution in [2.45, 2.75) is 33.1 Å². The molecule has 0 aromatic heterocycles. The molecule has 1 fully saturated rings. The van der Waals surface area contributed by atoms with Gasteiger partial charge < -0.3 is 15.1 Å². The SMILES string of the molecule is CCNC(=NCCC(=O)N(C)C)N1CCCC(C)C1. The molecule has 1 heterocycles. The first-order valence-corrected chi connectivity index (χ1v) is 7.28. The second-order valence-corrected chi connectivity index (χ2v) is 5.47. The van der Waals surface area contributed by atoms with Crippen LogP contribution in [0, 0.1) is 5.92 Å². The van der Waals surface area contributed by atoms with Gasteiger partial charge in [-0.1, -0.05) is 6.92 Å². The topological polar surface area (TPSA) is 47.9 Å². The van der Waals surface area contributed by atoms with Crippen molar-refractivity contribution in [3.05, 3.63) is 0 Å². The predicted octanol–water partition coefficient (Wildman–Crippen LogP) is 1.16. The molecule has 1 aliphatic rings. The molecule has 1 atom stereocenters. The lowest BCUT2D eigenvalue weighted by molar-refractivity contribution is -0.128. The van der Waals surface area contributed by atoms with Crippen molar-refractivity contribution >= 4 is 11.9 Å². The molecule has 0 aromatic carbocycles. The van der Waals surface area contributed by atoms with Gasteiger partial charge >= 0.3 is 0 Å². The summed E-state index contributed by atoms with van der Waals surface area (Å²) in [5, 5.41) is 3.33. The van der Waals surface area contributed by atoms with Gasteiger partial charge in [0, 0.05) is 40.2 Å². The number of piperidine rings is 1. The average Bonchev–Trinajstić information content (AvgIpc) is 2.37. The van der Waals surface area contributed by atoms with Gasteiger partial charge in [-0.3, -0.25) is 9.79 Å². The number of aliphatic imine (C=N–C) groups is 1. The van der Waals surface area contributed by atoms with Crippen molar-refractivity contribution in [1.29, 1.82) is 0 Å². The normalized spacial score (nSPS) is 20.3. The minimum atomic E-state index is 0.131. The van der Waals surface area contributed by atoms with E-state index in [0.29, 0.717) is 13.0 Å². The fourth-order valence-electron chi connectivity index (χ4n) is 2.29. The van der Waals surface area contributed by atoms with Crippen LogP contribution in [-0.4, -0.2) is 61.9 Å². The number of amides is 1. The predicted molar refractivity (Wildman–Crippen MR) is 79.3 cm³/mol. The van der Waals surface area contributed by atoms with Crippen molar-refractivity contribution < 1.29 is 4.79 Å². The van der Waals surface area contributed by atoms with Crippen molar-refractivity contribution in [2.75, 3.05) is 40.3 Å². The van der Waals surface area contributed by atoms with Crippen LogP contribution in [0.1, 0.15) is 33.1 Å². The first kappa shape index (κ1) is 15.8. The molecule has 19 heavy (non-hydrogen) atoms. The molecule has 5 nitrogen and oxygen atoms in total. The second-order valence-electron chi connectivity index (χ2n) is 5.47. The quantitative estimate of drug-likeness (QED) is 0.615. The van der Waals surface area contributed by atoms with Gasteiger partial charge in [-0.05, 0) is 25.7 Å². The lowest BCUT2D eigenvalue weighted by atomic mass is 10.0. The first-order valence-electron chi connectivity index (χ1n) is 7.28. The van der Waals surface area contributed by atoms with Gasteiger partial charge in [0.15, 0.2) is 5.96 Å². The van der Waals surface area contributed by atoms with Gasteiger partial charge in [-0.15, -0.1) is 0 Å². The van der Waals surface area contributed by atoms with E-state index < -0.39 is 0 Å². The van der Waals surface area contributed by atoms with E-state index in [1.807, 2.05) is 0 Å². The van der Waals surface area contributed by atoms with Crippen molar-refractivity contribution in [2.24, 2.45) is 10.9 Å². The third-order valence-electron chi connectivity index (χ3n) is 3.38. The maximum Gasteiger partial charge on any atom is 0.223 e. The number of guanidine groups is 1. The zero-order chi connectivity index (χ0) is 14.3. The summed E-state index contributed by atoms with van der Waals surface area (Å²) in [6.07, 6.45) is 3.00. The molecular formula is C14H28N4O. The Hall–Kier alpha value is -1.26. The fourth-order valence-corrected chi connectivity index (χ4v) is 2.29. The smallest absolute Gasteiger partial charge is 0.223 e. The summed E-state index contributed by atoms with van der Waals surface area (Å²) in [5.41, 5.74) is 0. The fraction of sp³-hybridized carbons (Fsp3) is 0.857. The highest BCUT2D eigenvalue weighted by molar-refractivity contribution is 5.81. The van der Waals surface area contributed by atoms with Gasteiger partial charge in [0.05, 0.1) is 6.54 Å². The Morgan fingerprint density at radius 2 is 2.21 bits per heavy atom. The van der Waals surface area contributed by atoms with E-state index in [4.69, 9.17) is 0 Å². The summed E-state index contributed by atoms with van der Waals surface area (Å²) in [6.45, 7) is 7.92. The Bertz CT molecular complexity index is 315. The third kappa shape index (κ3) is 5.49. The van der Waals surface area contributed by atoms with Crippen LogP contribution in [0.4, 0.5) is 0 Å². The van der Waals surface area contributed by atoms with Crippen molar-refractivity contribution in [3.63, 3.8) is 0 Å². The number of carbonyl (C=O) groups excluding carboxylic acids is 1. The van der Waals surface area contributed by atoms with Gasteiger partial charge in [-0.2, -0.15) is 0 Å². The van der Waals surface area contributed by atoms with Crippen LogP contribution in [0.2, 0.25) is 0 Å². The molecule has 110 valence electrons. The Balaban J connectivity index is 2.52. The molecule has 1 amide bonds. The van der Waals surface area contributed by atoms with E-state index in [0.717, 1.165) is 31.5 Å². The minimum Gasteiger partial charge on any atom is -0.357 e. The molecule has 0 bridgehead atoms. The van der Waals surface area contributed by atoms with E-state index in [1.54, 1.807) is 19.0 Å². The summed E-state index contributed by atoms with van der Waals surface area (Å²) < 4.78 is 0. The standard InChI is InChI=1S/C14H28N4O/c1-5-15-14(16-9-8-13(19)17(3)4)18-10-6-7-12(2)11-18/h12H,5-11H2,1-4H3,(H,15,16). The number of nitrogens with one attached hydrogen (secondary N) is 1. The van der Waals surface area contributed by atoms with E-state index >= 15 is 0 Å². The molecular weight excluding hydrogens is 240 g/mol. The summed E-state index contributed by atoms with van der Waals surface area (Å²) in [6, 6.07) is 0. The highest BCUT2D eigenvalue weighted by Gasteiger charge is 2.19. The zero-order valence-electron chi connectivity index (χ0n) is 12.8. The van der Waals surface area contributed by atoms with E-state index in [9.17, 15) is 4.79 Å². The van der Waals surface area contributed by atoms with E-state index in [-0.39, 0.29) is 5.91 Å². The molecule has 1 N–H and O–H groups in total. The minimum absolute atomic E-state index is 0.131. The number of carbonyl (C=O) groups is 1. The zero-order valence-corrected chi connectivity index (χ0v) is 12.8. The van der Waals surface area contributed by atoms with Crippen LogP contribution in [-0.2, 0) is 4.79 Å². The number of rotatable bonds is 4. The Labute approximate surface area is 117 Å². The molecule has 0 aromatic rings. The highest BCUT2D eigenvalue weighted by atomic mass is 16.2. The lowest BCUT2D eigenvalue weighted by Crippen LogP contribution is -2.46. The van der Waals surface area contributed by atoms with Crippen LogP contribution in [0.5, 0.6) is 0 Å². The second kappa shape index (κ2) is 8.02. The largest absolute Gasteiger partial charge is 0.357 e. The lowest BCUT2D eigenvalue weighted by Gasteiger charge is -2.33. The molecule has 5 heteroatoms. The van der Waals surface area contributed by atoms with Crippen LogP contribution >= 0.6 is 0 Å². The molecule has 0 radical (unpaired) electrons. The average molecular weight is 268 g/mol.